The van der Waals surface area contributed by atoms with Crippen molar-refractivity contribution >= 4 is 32.3 Å². The summed E-state index contributed by atoms with van der Waals surface area (Å²) >= 11 is 0. The van der Waals surface area contributed by atoms with E-state index in [-0.39, 0.29) is 4.90 Å². The van der Waals surface area contributed by atoms with E-state index in [4.69, 9.17) is 0 Å². The molecule has 21 heavy (non-hydrogen) atoms. The second-order valence-electron chi connectivity index (χ2n) is 4.63. The van der Waals surface area contributed by atoms with Crippen molar-refractivity contribution in [2.75, 3.05) is 5.32 Å². The molecule has 0 fully saturated rings. The Balaban J connectivity index is 2.23. The van der Waals surface area contributed by atoms with Gasteiger partial charge in [0.05, 0.1) is 5.69 Å². The average molecular weight is 299 g/mol. The highest BCUT2D eigenvalue weighted by molar-refractivity contribution is 7.86. The van der Waals surface area contributed by atoms with E-state index in [2.05, 4.69) is 5.32 Å². The van der Waals surface area contributed by atoms with Gasteiger partial charge in [0.2, 0.25) is 0 Å². The number of rotatable bonds is 3. The first-order chi connectivity index (χ1) is 10.1. The number of anilines is 2. The van der Waals surface area contributed by atoms with E-state index < -0.39 is 10.1 Å². The number of benzene rings is 3. The molecule has 3 aromatic carbocycles. The minimum Gasteiger partial charge on any atom is -0.354 e. The molecular formula is C16H13NO3S. The molecule has 0 unspecified atom stereocenters. The molecule has 3 aromatic rings. The predicted octanol–water partition coefficient (Wildman–Crippen LogP) is 3.83. The molecule has 0 bridgehead atoms. The molecule has 0 aliphatic rings. The van der Waals surface area contributed by atoms with Crippen LogP contribution in [-0.4, -0.2) is 13.0 Å². The highest BCUT2D eigenvalue weighted by atomic mass is 32.2. The van der Waals surface area contributed by atoms with Gasteiger partial charge in [0.15, 0.2) is 0 Å². The van der Waals surface area contributed by atoms with Crippen LogP contribution in [0.5, 0.6) is 0 Å². The molecule has 0 aliphatic carbocycles. The summed E-state index contributed by atoms with van der Waals surface area (Å²) in [5.74, 6) is 0. The van der Waals surface area contributed by atoms with Crippen molar-refractivity contribution in [2.45, 2.75) is 4.90 Å². The summed E-state index contributed by atoms with van der Waals surface area (Å²) < 4.78 is 33.1. The Hall–Kier alpha value is -2.37. The smallest absolute Gasteiger partial charge is 0.297 e. The van der Waals surface area contributed by atoms with E-state index in [1.807, 2.05) is 42.5 Å². The monoisotopic (exact) mass is 299 g/mol. The van der Waals surface area contributed by atoms with Gasteiger partial charge in [-0.1, -0.05) is 48.5 Å². The number of fused-ring (bicyclic) bond motifs is 1. The maximum Gasteiger partial charge on any atom is 0.297 e. The lowest BCUT2D eigenvalue weighted by atomic mass is 10.1. The van der Waals surface area contributed by atoms with Gasteiger partial charge in [-0.25, -0.2) is 0 Å². The van der Waals surface area contributed by atoms with Crippen molar-refractivity contribution in [3.05, 3.63) is 66.7 Å². The molecule has 0 amide bonds. The highest BCUT2D eigenvalue weighted by Crippen LogP contribution is 2.32. The molecular weight excluding hydrogens is 286 g/mol. The maximum atomic E-state index is 11.8. The molecule has 0 radical (unpaired) electrons. The summed E-state index contributed by atoms with van der Waals surface area (Å²) in [5.41, 5.74) is 1.10. The minimum absolute atomic E-state index is 0.107. The van der Waals surface area contributed by atoms with Crippen LogP contribution in [0.15, 0.2) is 71.6 Å². The lowest BCUT2D eigenvalue weighted by Crippen LogP contribution is -2.04. The molecule has 0 atom stereocenters. The molecule has 0 saturated carbocycles. The number of hydrogen-bond acceptors (Lipinski definition) is 3. The Morgan fingerprint density at radius 1 is 0.810 bits per heavy atom. The fourth-order valence-corrected chi connectivity index (χ4v) is 3.16. The average Bonchev–Trinajstić information content (AvgIpc) is 2.47. The molecule has 106 valence electrons. The molecule has 3 rings (SSSR count). The summed E-state index contributed by atoms with van der Waals surface area (Å²) in [5, 5.41) is 4.27. The zero-order valence-electron chi connectivity index (χ0n) is 11.0. The van der Waals surface area contributed by atoms with Crippen LogP contribution in [0.3, 0.4) is 0 Å². The Morgan fingerprint density at radius 3 is 2.19 bits per heavy atom. The fraction of sp³-hybridized carbons (Fsp3) is 0. The molecule has 0 aromatic heterocycles. The van der Waals surface area contributed by atoms with Crippen LogP contribution in [0.2, 0.25) is 0 Å². The first-order valence-electron chi connectivity index (χ1n) is 6.37. The van der Waals surface area contributed by atoms with Crippen LogP contribution in [0.4, 0.5) is 11.4 Å². The number of nitrogens with one attached hydrogen (secondary N) is 1. The van der Waals surface area contributed by atoms with Gasteiger partial charge in [-0.15, -0.1) is 0 Å². The Bertz CT molecular complexity index is 890. The first-order valence-corrected chi connectivity index (χ1v) is 7.81. The van der Waals surface area contributed by atoms with Crippen molar-refractivity contribution in [3.8, 4) is 0 Å². The SMILES string of the molecule is O=S(=O)(O)c1c(Nc2ccccc2)ccc2ccccc12. The molecule has 2 N–H and O–H groups in total. The Kier molecular flexibility index (Phi) is 3.37. The molecule has 0 heterocycles. The van der Waals surface area contributed by atoms with Gasteiger partial charge >= 0.3 is 0 Å². The van der Waals surface area contributed by atoms with Crippen LogP contribution in [-0.2, 0) is 10.1 Å². The summed E-state index contributed by atoms with van der Waals surface area (Å²) in [4.78, 5) is -0.107. The minimum atomic E-state index is -4.34. The molecule has 4 nitrogen and oxygen atoms in total. The lowest BCUT2D eigenvalue weighted by Gasteiger charge is -2.13. The summed E-state index contributed by atoms with van der Waals surface area (Å²) in [6.45, 7) is 0. The van der Waals surface area contributed by atoms with Gasteiger partial charge in [-0.05, 0) is 23.6 Å². The Labute approximate surface area is 122 Å². The third-order valence-electron chi connectivity index (χ3n) is 3.19. The van der Waals surface area contributed by atoms with E-state index in [0.29, 0.717) is 11.1 Å². The molecule has 0 saturated heterocycles. The van der Waals surface area contributed by atoms with E-state index in [1.165, 1.54) is 0 Å². The first kappa shape index (κ1) is 13.6. The van der Waals surface area contributed by atoms with Crippen LogP contribution in [0.1, 0.15) is 0 Å². The van der Waals surface area contributed by atoms with Crippen LogP contribution >= 0.6 is 0 Å². The van der Waals surface area contributed by atoms with Gasteiger partial charge in [0, 0.05) is 11.1 Å². The van der Waals surface area contributed by atoms with E-state index in [1.54, 1.807) is 24.3 Å². The van der Waals surface area contributed by atoms with Crippen molar-refractivity contribution in [1.82, 2.24) is 0 Å². The van der Waals surface area contributed by atoms with E-state index in [0.717, 1.165) is 11.1 Å². The summed E-state index contributed by atoms with van der Waals surface area (Å²) in [6, 6.07) is 19.7. The summed E-state index contributed by atoms with van der Waals surface area (Å²) in [6.07, 6.45) is 0. The largest absolute Gasteiger partial charge is 0.354 e. The highest BCUT2D eigenvalue weighted by Gasteiger charge is 2.19. The second-order valence-corrected chi connectivity index (χ2v) is 5.99. The van der Waals surface area contributed by atoms with E-state index >= 15 is 0 Å². The number of para-hydroxylation sites is 1. The van der Waals surface area contributed by atoms with Gasteiger partial charge < -0.3 is 5.32 Å². The molecule has 0 aliphatic heterocycles. The van der Waals surface area contributed by atoms with Gasteiger partial charge in [-0.2, -0.15) is 8.42 Å². The maximum absolute atomic E-state index is 11.8. The Morgan fingerprint density at radius 2 is 1.48 bits per heavy atom. The zero-order chi connectivity index (χ0) is 14.9. The third-order valence-corrected chi connectivity index (χ3v) is 4.15. The van der Waals surface area contributed by atoms with Gasteiger partial charge in [0.25, 0.3) is 10.1 Å². The fourth-order valence-electron chi connectivity index (χ4n) is 2.30. The lowest BCUT2D eigenvalue weighted by molar-refractivity contribution is 0.484. The standard InChI is InChI=1S/C16H13NO3S/c18-21(19,20)16-14-9-5-4-6-12(14)10-11-15(16)17-13-7-2-1-3-8-13/h1-11,17H,(H,18,19,20). The number of hydrogen-bond donors (Lipinski definition) is 2. The normalized spacial score (nSPS) is 11.5. The van der Waals surface area contributed by atoms with Gasteiger partial charge in [-0.3, -0.25) is 4.55 Å². The predicted molar refractivity (Wildman–Crippen MR) is 83.5 cm³/mol. The second kappa shape index (κ2) is 5.20. The summed E-state index contributed by atoms with van der Waals surface area (Å²) in [7, 11) is -4.34. The van der Waals surface area contributed by atoms with E-state index in [9.17, 15) is 13.0 Å². The van der Waals surface area contributed by atoms with Gasteiger partial charge in [0.1, 0.15) is 4.90 Å². The van der Waals surface area contributed by atoms with Crippen molar-refractivity contribution in [2.24, 2.45) is 0 Å². The van der Waals surface area contributed by atoms with Crippen molar-refractivity contribution < 1.29 is 13.0 Å². The van der Waals surface area contributed by atoms with Crippen molar-refractivity contribution in [3.63, 3.8) is 0 Å². The van der Waals surface area contributed by atoms with Crippen LogP contribution in [0.25, 0.3) is 10.8 Å². The topological polar surface area (TPSA) is 66.4 Å². The zero-order valence-corrected chi connectivity index (χ0v) is 11.8. The molecule has 5 heteroatoms. The third kappa shape index (κ3) is 2.74. The van der Waals surface area contributed by atoms with Crippen LogP contribution in [0, 0.1) is 0 Å². The van der Waals surface area contributed by atoms with Crippen LogP contribution < -0.4 is 5.32 Å². The van der Waals surface area contributed by atoms with Crippen molar-refractivity contribution in [1.29, 1.82) is 0 Å². The quantitative estimate of drug-likeness (QED) is 0.721. The molecule has 0 spiro atoms.